The lowest BCUT2D eigenvalue weighted by molar-refractivity contribution is 0.664. The molecule has 4 heterocycles. The van der Waals surface area contributed by atoms with Crippen molar-refractivity contribution in [1.82, 2.24) is 9.13 Å². The van der Waals surface area contributed by atoms with E-state index in [2.05, 4.69) is 185 Å². The highest BCUT2D eigenvalue weighted by molar-refractivity contribution is 6.16. The number of aromatic nitrogens is 2. The van der Waals surface area contributed by atoms with E-state index in [-0.39, 0.29) is 0 Å². The molecule has 4 aromatic heterocycles. The normalized spacial score (nSPS) is 12.1. The van der Waals surface area contributed by atoms with Crippen LogP contribution in [0.5, 0.6) is 0 Å². The van der Waals surface area contributed by atoms with Gasteiger partial charge < -0.3 is 18.0 Å². The van der Waals surface area contributed by atoms with Gasteiger partial charge in [-0.25, -0.2) is 0 Å². The molecule has 9 aromatic carbocycles. The molecule has 0 amide bonds. The molecule has 0 fully saturated rings. The van der Waals surface area contributed by atoms with Crippen LogP contribution in [0.15, 0.2) is 203 Å². The average Bonchev–Trinajstić information content (AvgIpc) is 4.02. The van der Waals surface area contributed by atoms with Crippen LogP contribution in [-0.2, 0) is 0 Å². The first-order chi connectivity index (χ1) is 28.7. The van der Waals surface area contributed by atoms with Crippen molar-refractivity contribution in [3.63, 3.8) is 0 Å². The van der Waals surface area contributed by atoms with Crippen LogP contribution in [-0.4, -0.2) is 9.13 Å². The fraction of sp³-hybridized carbons (Fsp3) is 0. The molecule has 58 heavy (non-hydrogen) atoms. The minimum atomic E-state index is 0.861. The van der Waals surface area contributed by atoms with Crippen LogP contribution in [0.4, 0.5) is 0 Å². The molecule has 0 N–H and O–H groups in total. The van der Waals surface area contributed by atoms with E-state index in [0.29, 0.717) is 0 Å². The van der Waals surface area contributed by atoms with Crippen molar-refractivity contribution < 1.29 is 8.83 Å². The molecule has 0 aliphatic carbocycles. The van der Waals surface area contributed by atoms with Gasteiger partial charge in [-0.3, -0.25) is 0 Å². The van der Waals surface area contributed by atoms with Gasteiger partial charge in [0.25, 0.3) is 0 Å². The van der Waals surface area contributed by atoms with Crippen LogP contribution in [0.3, 0.4) is 0 Å². The lowest BCUT2D eigenvalue weighted by atomic mass is 9.98. The van der Waals surface area contributed by atoms with E-state index < -0.39 is 0 Å². The quantitative estimate of drug-likeness (QED) is 0.180. The van der Waals surface area contributed by atoms with Crippen LogP contribution >= 0.6 is 0 Å². The van der Waals surface area contributed by atoms with Gasteiger partial charge in [-0.1, -0.05) is 109 Å². The zero-order valence-corrected chi connectivity index (χ0v) is 31.2. The third-order valence-electron chi connectivity index (χ3n) is 12.1. The van der Waals surface area contributed by atoms with Crippen molar-refractivity contribution in [3.8, 4) is 33.6 Å². The van der Waals surface area contributed by atoms with Gasteiger partial charge in [0.1, 0.15) is 22.3 Å². The van der Waals surface area contributed by atoms with Crippen LogP contribution in [0.1, 0.15) is 0 Å². The molecule has 0 radical (unpaired) electrons. The topological polar surface area (TPSA) is 36.1 Å². The fourth-order valence-electron chi connectivity index (χ4n) is 9.41. The first kappa shape index (κ1) is 31.4. The average molecular weight is 741 g/mol. The van der Waals surface area contributed by atoms with Crippen molar-refractivity contribution in [1.29, 1.82) is 0 Å². The summed E-state index contributed by atoms with van der Waals surface area (Å²) >= 11 is 0. The Labute approximate surface area is 332 Å². The largest absolute Gasteiger partial charge is 0.456 e. The number of hydrogen-bond acceptors (Lipinski definition) is 2. The van der Waals surface area contributed by atoms with Gasteiger partial charge >= 0.3 is 0 Å². The molecule has 0 aliphatic heterocycles. The first-order valence-electron chi connectivity index (χ1n) is 19.7. The van der Waals surface area contributed by atoms with E-state index in [9.17, 15) is 0 Å². The summed E-state index contributed by atoms with van der Waals surface area (Å²) < 4.78 is 17.4. The Bertz CT molecular complexity index is 3780. The molecule has 0 saturated heterocycles. The van der Waals surface area contributed by atoms with Gasteiger partial charge in [-0.2, -0.15) is 0 Å². The highest BCUT2D eigenvalue weighted by Gasteiger charge is 2.18. The minimum absolute atomic E-state index is 0.861. The molecule has 13 aromatic rings. The van der Waals surface area contributed by atoms with Crippen LogP contribution in [0, 0.1) is 0 Å². The second kappa shape index (κ2) is 11.8. The van der Waals surface area contributed by atoms with Gasteiger partial charge in [-0.15, -0.1) is 0 Å². The Morgan fingerprint density at radius 1 is 0.241 bits per heavy atom. The third-order valence-corrected chi connectivity index (χ3v) is 12.1. The zero-order chi connectivity index (χ0) is 37.9. The maximum absolute atomic E-state index is 6.43. The van der Waals surface area contributed by atoms with E-state index in [0.717, 1.165) is 55.1 Å². The SMILES string of the molecule is c1ccc(-n2c3ccccc3c3cc(-c4ccc(-c5ccc6c(c5)c5ccccc5n6-c5ccc6oc7cc8c(cc7c6c5)oc5ccccc58)cc4)ccc32)cc1. The summed E-state index contributed by atoms with van der Waals surface area (Å²) in [7, 11) is 0. The van der Waals surface area contributed by atoms with Crippen molar-refractivity contribution >= 4 is 87.5 Å². The molecule has 0 saturated carbocycles. The van der Waals surface area contributed by atoms with E-state index in [4.69, 9.17) is 8.83 Å². The summed E-state index contributed by atoms with van der Waals surface area (Å²) in [4.78, 5) is 0. The third kappa shape index (κ3) is 4.51. The predicted molar refractivity (Wildman–Crippen MR) is 241 cm³/mol. The number of hydrogen-bond donors (Lipinski definition) is 0. The molecular formula is C54H32N2O2. The standard InChI is InChI=1S/C54H32N2O2/c1-2-10-37(11-3-1)55-47-15-7-4-12-39(47)42-28-35(22-25-49(42)55)33-18-20-34(21-19-33)36-23-26-50-43(29-36)40-13-5-8-16-48(40)56(50)38-24-27-52-44(30-38)46-32-53-45(31-54(46)58-52)41-14-6-9-17-51(41)57-53/h1-32H. The Kier molecular flexibility index (Phi) is 6.41. The van der Waals surface area contributed by atoms with Crippen molar-refractivity contribution in [2.75, 3.05) is 0 Å². The smallest absolute Gasteiger partial charge is 0.136 e. The molecule has 13 rings (SSSR count). The molecule has 270 valence electrons. The molecule has 0 spiro atoms. The second-order valence-electron chi connectivity index (χ2n) is 15.3. The summed E-state index contributed by atoms with van der Waals surface area (Å²) in [6.07, 6.45) is 0. The molecule has 4 nitrogen and oxygen atoms in total. The van der Waals surface area contributed by atoms with Crippen LogP contribution in [0.25, 0.3) is 121 Å². The summed E-state index contributed by atoms with van der Waals surface area (Å²) in [6.45, 7) is 0. The summed E-state index contributed by atoms with van der Waals surface area (Å²) in [5.41, 5.74) is 15.3. The van der Waals surface area contributed by atoms with Crippen molar-refractivity contribution in [2.24, 2.45) is 0 Å². The lowest BCUT2D eigenvalue weighted by Crippen LogP contribution is -1.93. The van der Waals surface area contributed by atoms with Crippen LogP contribution in [0.2, 0.25) is 0 Å². The molecule has 4 heteroatoms. The van der Waals surface area contributed by atoms with Gasteiger partial charge in [0.2, 0.25) is 0 Å². The Balaban J connectivity index is 0.893. The van der Waals surface area contributed by atoms with Gasteiger partial charge in [0.15, 0.2) is 0 Å². The molecule has 0 bridgehead atoms. The number of benzene rings is 9. The van der Waals surface area contributed by atoms with E-state index in [1.54, 1.807) is 0 Å². The molecule has 0 aliphatic rings. The van der Waals surface area contributed by atoms with E-state index in [1.165, 1.54) is 66.0 Å². The van der Waals surface area contributed by atoms with Gasteiger partial charge in [0.05, 0.1) is 22.1 Å². The lowest BCUT2D eigenvalue weighted by Gasteiger charge is -2.09. The first-order valence-corrected chi connectivity index (χ1v) is 19.7. The highest BCUT2D eigenvalue weighted by Crippen LogP contribution is 2.41. The second-order valence-corrected chi connectivity index (χ2v) is 15.3. The van der Waals surface area contributed by atoms with Crippen molar-refractivity contribution in [2.45, 2.75) is 0 Å². The number of furan rings is 2. The Morgan fingerprint density at radius 2 is 0.690 bits per heavy atom. The minimum Gasteiger partial charge on any atom is -0.456 e. The zero-order valence-electron chi connectivity index (χ0n) is 31.2. The van der Waals surface area contributed by atoms with Gasteiger partial charge in [0, 0.05) is 54.5 Å². The summed E-state index contributed by atoms with van der Waals surface area (Å²) in [6, 6.07) is 69.7. The predicted octanol–water partition coefficient (Wildman–Crippen LogP) is 15.0. The van der Waals surface area contributed by atoms with Crippen LogP contribution < -0.4 is 0 Å². The summed E-state index contributed by atoms with van der Waals surface area (Å²) in [5.74, 6) is 0. The Hall–Kier alpha value is -7.82. The Morgan fingerprint density at radius 3 is 1.31 bits per heavy atom. The highest BCUT2D eigenvalue weighted by atomic mass is 16.3. The number of fused-ring (bicyclic) bond motifs is 12. The van der Waals surface area contributed by atoms with Crippen molar-refractivity contribution in [3.05, 3.63) is 194 Å². The fourth-order valence-corrected chi connectivity index (χ4v) is 9.41. The molecular weight excluding hydrogens is 709 g/mol. The maximum Gasteiger partial charge on any atom is 0.136 e. The maximum atomic E-state index is 6.43. The molecule has 0 atom stereocenters. The van der Waals surface area contributed by atoms with Gasteiger partial charge in [-0.05, 0) is 107 Å². The number of rotatable bonds is 4. The summed E-state index contributed by atoms with van der Waals surface area (Å²) in [5, 5.41) is 9.25. The van der Waals surface area contributed by atoms with E-state index >= 15 is 0 Å². The number of nitrogens with zero attached hydrogens (tertiary/aromatic N) is 2. The van der Waals surface area contributed by atoms with E-state index in [1.807, 2.05) is 18.2 Å². The molecule has 0 unspecified atom stereocenters. The monoisotopic (exact) mass is 740 g/mol. The number of para-hydroxylation sites is 4.